The van der Waals surface area contributed by atoms with Crippen LogP contribution in [0.1, 0.15) is 5.69 Å². The molecule has 0 aliphatic carbocycles. The fourth-order valence-electron chi connectivity index (χ4n) is 3.11. The van der Waals surface area contributed by atoms with Gasteiger partial charge in [0.2, 0.25) is 5.75 Å². The molecule has 1 aromatic heterocycles. The molecule has 2 aromatic carbocycles. The van der Waals surface area contributed by atoms with Gasteiger partial charge in [-0.2, -0.15) is 18.4 Å². The maximum Gasteiger partial charge on any atom is 0.431 e. The SMILES string of the molecule is Cn1c(C(F)(F)F)cc(=O)n(-c2cc(Oc3ccccc3OCC(=O)OCC#N)c([N+](=O)[O-])cc2Cl)c1=O. The van der Waals surface area contributed by atoms with Crippen molar-refractivity contribution in [3.63, 3.8) is 0 Å². The zero-order valence-corrected chi connectivity index (χ0v) is 19.8. The third kappa shape index (κ3) is 5.93. The van der Waals surface area contributed by atoms with Gasteiger partial charge in [0.1, 0.15) is 11.8 Å². The molecule has 0 N–H and O–H groups in total. The van der Waals surface area contributed by atoms with Gasteiger partial charge in [-0.1, -0.05) is 23.7 Å². The van der Waals surface area contributed by atoms with Crippen LogP contribution < -0.4 is 20.7 Å². The van der Waals surface area contributed by atoms with Gasteiger partial charge < -0.3 is 14.2 Å². The van der Waals surface area contributed by atoms with Crippen molar-refractivity contribution in [2.24, 2.45) is 7.05 Å². The van der Waals surface area contributed by atoms with E-state index in [1.165, 1.54) is 24.3 Å². The summed E-state index contributed by atoms with van der Waals surface area (Å²) in [5, 5.41) is 19.6. The van der Waals surface area contributed by atoms with Crippen molar-refractivity contribution in [3.05, 3.63) is 84.1 Å². The number of nitro benzene ring substituents is 1. The Morgan fingerprint density at radius 1 is 1.16 bits per heavy atom. The summed E-state index contributed by atoms with van der Waals surface area (Å²) in [5.41, 5.74) is -5.56. The summed E-state index contributed by atoms with van der Waals surface area (Å²) in [4.78, 5) is 47.6. The van der Waals surface area contributed by atoms with Gasteiger partial charge in [-0.3, -0.25) is 19.5 Å². The second-order valence-corrected chi connectivity index (χ2v) is 7.63. The van der Waals surface area contributed by atoms with E-state index < -0.39 is 69.4 Å². The number of nitriles is 1. The molecule has 3 aromatic rings. The van der Waals surface area contributed by atoms with Crippen LogP contribution in [0.15, 0.2) is 52.1 Å². The highest BCUT2D eigenvalue weighted by molar-refractivity contribution is 6.32. The molecule has 0 aliphatic rings. The number of aromatic nitrogens is 2. The number of para-hydroxylation sites is 2. The highest BCUT2D eigenvalue weighted by atomic mass is 35.5. The number of nitro groups is 1. The number of nitrogens with zero attached hydrogens (tertiary/aromatic N) is 4. The quantitative estimate of drug-likeness (QED) is 0.231. The minimum Gasteiger partial charge on any atom is -0.478 e. The Morgan fingerprint density at radius 3 is 2.42 bits per heavy atom. The average molecular weight is 555 g/mol. The van der Waals surface area contributed by atoms with Gasteiger partial charge in [-0.25, -0.2) is 14.2 Å². The molecule has 0 atom stereocenters. The molecule has 0 amide bonds. The number of alkyl halides is 3. The van der Waals surface area contributed by atoms with E-state index >= 15 is 0 Å². The Labute approximate surface area is 214 Å². The summed E-state index contributed by atoms with van der Waals surface area (Å²) < 4.78 is 55.5. The van der Waals surface area contributed by atoms with Gasteiger partial charge in [0, 0.05) is 25.2 Å². The minimum absolute atomic E-state index is 0.0881. The van der Waals surface area contributed by atoms with Gasteiger partial charge >= 0.3 is 23.5 Å². The van der Waals surface area contributed by atoms with Crippen LogP contribution in [0.4, 0.5) is 18.9 Å². The Hall–Kier alpha value is -4.84. The van der Waals surface area contributed by atoms with Gasteiger partial charge in [-0.15, -0.1) is 0 Å². The molecule has 0 aliphatic heterocycles. The summed E-state index contributed by atoms with van der Waals surface area (Å²) in [6.07, 6.45) is -5.01. The summed E-state index contributed by atoms with van der Waals surface area (Å²) in [5.74, 6) is -1.70. The fourth-order valence-corrected chi connectivity index (χ4v) is 3.35. The maximum absolute atomic E-state index is 13.2. The lowest BCUT2D eigenvalue weighted by molar-refractivity contribution is -0.385. The van der Waals surface area contributed by atoms with E-state index in [9.17, 15) is 37.7 Å². The summed E-state index contributed by atoms with van der Waals surface area (Å²) in [7, 11) is 0.785. The first-order valence-electron chi connectivity index (χ1n) is 10.2. The number of hydrogen-bond acceptors (Lipinski definition) is 9. The zero-order chi connectivity index (χ0) is 28.2. The van der Waals surface area contributed by atoms with Crippen LogP contribution in [0.25, 0.3) is 5.69 Å². The molecule has 0 unspecified atom stereocenters. The number of halogens is 4. The highest BCUT2D eigenvalue weighted by Crippen LogP contribution is 2.40. The maximum atomic E-state index is 13.2. The monoisotopic (exact) mass is 554 g/mol. The smallest absolute Gasteiger partial charge is 0.431 e. The summed E-state index contributed by atoms with van der Waals surface area (Å²) in [6, 6.07) is 8.93. The van der Waals surface area contributed by atoms with Crippen LogP contribution in [-0.4, -0.2) is 33.2 Å². The van der Waals surface area contributed by atoms with E-state index in [4.69, 9.17) is 26.3 Å². The molecule has 0 saturated heterocycles. The second-order valence-electron chi connectivity index (χ2n) is 7.23. The van der Waals surface area contributed by atoms with E-state index in [1.807, 2.05) is 0 Å². The number of carbonyl (C=O) groups is 1. The largest absolute Gasteiger partial charge is 0.478 e. The van der Waals surface area contributed by atoms with E-state index in [1.54, 1.807) is 6.07 Å². The van der Waals surface area contributed by atoms with Crippen LogP contribution in [-0.2, 0) is 22.8 Å². The number of benzene rings is 2. The van der Waals surface area contributed by atoms with Crippen LogP contribution in [0, 0.1) is 21.4 Å². The van der Waals surface area contributed by atoms with E-state index in [0.29, 0.717) is 4.57 Å². The number of carbonyl (C=O) groups excluding carboxylic acids is 1. The number of esters is 1. The van der Waals surface area contributed by atoms with Gasteiger partial charge in [0.15, 0.2) is 24.7 Å². The molecule has 0 fully saturated rings. The first kappa shape index (κ1) is 27.7. The molecule has 0 saturated carbocycles. The Kier molecular flexibility index (Phi) is 8.07. The number of rotatable bonds is 8. The molecular formula is C22H14ClF3N4O8. The van der Waals surface area contributed by atoms with Crippen LogP contribution >= 0.6 is 11.6 Å². The van der Waals surface area contributed by atoms with Crippen molar-refractivity contribution in [3.8, 4) is 29.0 Å². The predicted octanol–water partition coefficient (Wildman–Crippen LogP) is 3.35. The van der Waals surface area contributed by atoms with Crippen LogP contribution in [0.2, 0.25) is 5.02 Å². The van der Waals surface area contributed by atoms with Crippen molar-refractivity contribution in [2.75, 3.05) is 13.2 Å². The first-order chi connectivity index (χ1) is 17.8. The number of hydrogen-bond donors (Lipinski definition) is 0. The zero-order valence-electron chi connectivity index (χ0n) is 19.0. The third-order valence-electron chi connectivity index (χ3n) is 4.79. The van der Waals surface area contributed by atoms with Crippen molar-refractivity contribution in [2.45, 2.75) is 6.18 Å². The molecular weight excluding hydrogens is 541 g/mol. The van der Waals surface area contributed by atoms with Crippen LogP contribution in [0.5, 0.6) is 17.2 Å². The molecule has 0 spiro atoms. The third-order valence-corrected chi connectivity index (χ3v) is 5.09. The summed E-state index contributed by atoms with van der Waals surface area (Å²) in [6.45, 7) is -1.16. The van der Waals surface area contributed by atoms with Crippen molar-refractivity contribution < 1.29 is 37.1 Å². The van der Waals surface area contributed by atoms with Crippen molar-refractivity contribution in [1.29, 1.82) is 5.26 Å². The predicted molar refractivity (Wildman–Crippen MR) is 123 cm³/mol. The molecule has 1 heterocycles. The molecule has 198 valence electrons. The highest BCUT2D eigenvalue weighted by Gasteiger charge is 2.35. The molecule has 12 nitrogen and oxygen atoms in total. The molecule has 0 radical (unpaired) electrons. The number of ether oxygens (including phenoxy) is 3. The van der Waals surface area contributed by atoms with Gasteiger partial charge in [-0.05, 0) is 12.1 Å². The summed E-state index contributed by atoms with van der Waals surface area (Å²) >= 11 is 6.08. The van der Waals surface area contributed by atoms with E-state index in [-0.39, 0.29) is 22.1 Å². The Balaban J connectivity index is 2.10. The lowest BCUT2D eigenvalue weighted by Crippen LogP contribution is -2.40. The van der Waals surface area contributed by atoms with E-state index in [2.05, 4.69) is 4.74 Å². The van der Waals surface area contributed by atoms with Crippen molar-refractivity contribution in [1.82, 2.24) is 9.13 Å². The van der Waals surface area contributed by atoms with Crippen molar-refractivity contribution >= 4 is 23.3 Å². The Bertz CT molecular complexity index is 1580. The first-order valence-corrected chi connectivity index (χ1v) is 10.5. The molecule has 16 heteroatoms. The standard InChI is InChI=1S/C22H14ClF3N4O8/c1-28-18(22(24,25)26)10-19(31)29(21(28)33)13-9-17(14(30(34)35)8-12(13)23)38-16-5-3-2-4-15(16)37-11-20(32)36-7-6-27/h2-5,8-10H,7,11H2,1H3. The van der Waals surface area contributed by atoms with Gasteiger partial charge in [0.05, 0.1) is 15.6 Å². The average Bonchev–Trinajstić information content (AvgIpc) is 2.85. The normalized spacial score (nSPS) is 10.9. The van der Waals surface area contributed by atoms with E-state index in [0.717, 1.165) is 19.2 Å². The van der Waals surface area contributed by atoms with Gasteiger partial charge in [0.25, 0.3) is 5.56 Å². The minimum atomic E-state index is -5.01. The Morgan fingerprint density at radius 2 is 1.82 bits per heavy atom. The molecule has 0 bridgehead atoms. The lowest BCUT2D eigenvalue weighted by Gasteiger charge is -2.16. The molecule has 38 heavy (non-hydrogen) atoms. The topological polar surface area (TPSA) is 156 Å². The van der Waals surface area contributed by atoms with Crippen LogP contribution in [0.3, 0.4) is 0 Å². The lowest BCUT2D eigenvalue weighted by atomic mass is 10.2. The second kappa shape index (κ2) is 11.0. The fraction of sp³-hybridized carbons (Fsp3) is 0.182. The molecule has 3 rings (SSSR count).